The lowest BCUT2D eigenvalue weighted by molar-refractivity contribution is -0.122. The number of hydrogen-bond acceptors (Lipinski definition) is 2. The molecule has 20 heavy (non-hydrogen) atoms. The fraction of sp³-hybridized carbons (Fsp3) is 0.188. The van der Waals surface area contributed by atoms with E-state index in [-0.39, 0.29) is 0 Å². The molecule has 1 amide bonds. The van der Waals surface area contributed by atoms with Crippen molar-refractivity contribution in [1.82, 2.24) is 0 Å². The van der Waals surface area contributed by atoms with E-state index in [9.17, 15) is 4.79 Å². The molecule has 0 saturated carbocycles. The minimum atomic E-state index is -0.963. The van der Waals surface area contributed by atoms with Crippen LogP contribution in [0.5, 0.6) is 0 Å². The molecular formula is C16H17BrN2O. The summed E-state index contributed by atoms with van der Waals surface area (Å²) in [7, 11) is 0. The van der Waals surface area contributed by atoms with Crippen molar-refractivity contribution in [2.24, 2.45) is 5.73 Å². The summed E-state index contributed by atoms with van der Waals surface area (Å²) in [4.78, 5) is 12.0. The first-order chi connectivity index (χ1) is 9.45. The van der Waals surface area contributed by atoms with Crippen LogP contribution in [0.1, 0.15) is 18.1 Å². The fourth-order valence-electron chi connectivity index (χ4n) is 2.23. The van der Waals surface area contributed by atoms with Crippen LogP contribution in [-0.4, -0.2) is 5.91 Å². The summed E-state index contributed by atoms with van der Waals surface area (Å²) in [6, 6.07) is 15.4. The van der Waals surface area contributed by atoms with E-state index in [0.29, 0.717) is 0 Å². The maximum Gasteiger partial charge on any atom is 0.247 e. The van der Waals surface area contributed by atoms with Crippen LogP contribution in [-0.2, 0) is 10.3 Å². The summed E-state index contributed by atoms with van der Waals surface area (Å²) in [6.07, 6.45) is 0. The van der Waals surface area contributed by atoms with Crippen LogP contribution >= 0.6 is 15.9 Å². The van der Waals surface area contributed by atoms with Crippen LogP contribution < -0.4 is 11.1 Å². The molecule has 0 bridgehead atoms. The summed E-state index contributed by atoms with van der Waals surface area (Å²) in [5, 5.41) is 3.26. The Hall–Kier alpha value is -1.81. The van der Waals surface area contributed by atoms with Gasteiger partial charge in [0.2, 0.25) is 5.91 Å². The molecule has 3 nitrogen and oxygen atoms in total. The molecule has 0 fully saturated rings. The maximum atomic E-state index is 12.0. The van der Waals surface area contributed by atoms with Crippen LogP contribution in [0.3, 0.4) is 0 Å². The average molecular weight is 333 g/mol. The summed E-state index contributed by atoms with van der Waals surface area (Å²) < 4.78 is 0.890. The Bertz CT molecular complexity index is 642. The molecule has 0 heterocycles. The Labute approximate surface area is 127 Å². The Balaban J connectivity index is 2.49. The molecular weight excluding hydrogens is 316 g/mol. The molecule has 0 aliphatic rings. The fourth-order valence-corrected chi connectivity index (χ4v) is 2.61. The third-order valence-electron chi connectivity index (χ3n) is 3.44. The monoisotopic (exact) mass is 332 g/mol. The molecule has 2 aromatic rings. The molecule has 0 aliphatic carbocycles. The van der Waals surface area contributed by atoms with Crippen molar-refractivity contribution in [3.8, 4) is 0 Å². The zero-order chi connectivity index (χ0) is 14.8. The molecule has 4 heteroatoms. The molecule has 0 spiro atoms. The number of anilines is 1. The number of hydrogen-bond donors (Lipinski definition) is 2. The second kappa shape index (κ2) is 5.67. The minimum Gasteiger partial charge on any atom is -0.367 e. The van der Waals surface area contributed by atoms with Gasteiger partial charge in [0.15, 0.2) is 0 Å². The molecule has 2 aromatic carbocycles. The SMILES string of the molecule is Cc1ccccc1C(C)(Nc1ccccc1Br)C(N)=O. The van der Waals surface area contributed by atoms with Gasteiger partial charge in [0.1, 0.15) is 5.54 Å². The van der Waals surface area contributed by atoms with Gasteiger partial charge in [0.05, 0.1) is 0 Å². The molecule has 104 valence electrons. The lowest BCUT2D eigenvalue weighted by Gasteiger charge is -2.31. The third kappa shape index (κ3) is 2.70. The van der Waals surface area contributed by atoms with Gasteiger partial charge in [-0.2, -0.15) is 0 Å². The number of benzene rings is 2. The highest BCUT2D eigenvalue weighted by molar-refractivity contribution is 9.10. The second-order valence-electron chi connectivity index (χ2n) is 4.91. The molecule has 1 atom stereocenters. The number of rotatable bonds is 4. The van der Waals surface area contributed by atoms with Crippen LogP contribution in [0.15, 0.2) is 53.0 Å². The normalized spacial score (nSPS) is 13.6. The van der Waals surface area contributed by atoms with Gasteiger partial charge in [-0.1, -0.05) is 36.4 Å². The van der Waals surface area contributed by atoms with Gasteiger partial charge in [0.25, 0.3) is 0 Å². The predicted molar refractivity (Wildman–Crippen MR) is 85.5 cm³/mol. The smallest absolute Gasteiger partial charge is 0.247 e. The third-order valence-corrected chi connectivity index (χ3v) is 4.13. The van der Waals surface area contributed by atoms with Gasteiger partial charge in [-0.15, -0.1) is 0 Å². The largest absolute Gasteiger partial charge is 0.367 e. The summed E-state index contributed by atoms with van der Waals surface area (Å²) in [5.74, 6) is -0.414. The van der Waals surface area contributed by atoms with Gasteiger partial charge in [-0.25, -0.2) is 0 Å². The quantitative estimate of drug-likeness (QED) is 0.899. The maximum absolute atomic E-state index is 12.0. The minimum absolute atomic E-state index is 0.414. The van der Waals surface area contributed by atoms with E-state index < -0.39 is 11.4 Å². The lowest BCUT2D eigenvalue weighted by atomic mass is 9.87. The molecule has 3 N–H and O–H groups in total. The standard InChI is InChI=1S/C16H17BrN2O/c1-11-7-3-4-8-12(11)16(2,15(18)20)19-14-10-6-5-9-13(14)17/h3-10,19H,1-2H3,(H2,18,20). The molecule has 0 radical (unpaired) electrons. The van der Waals surface area contributed by atoms with E-state index in [1.807, 2.05) is 55.5 Å². The number of nitrogens with one attached hydrogen (secondary N) is 1. The zero-order valence-corrected chi connectivity index (χ0v) is 13.1. The summed E-state index contributed by atoms with van der Waals surface area (Å²) in [6.45, 7) is 3.77. The first-order valence-electron chi connectivity index (χ1n) is 6.34. The van der Waals surface area contributed by atoms with Crippen LogP contribution in [0, 0.1) is 6.92 Å². The van der Waals surface area contributed by atoms with Crippen molar-refractivity contribution < 1.29 is 4.79 Å². The molecule has 0 aliphatic heterocycles. The number of para-hydroxylation sites is 1. The number of amides is 1. The van der Waals surface area contributed by atoms with E-state index >= 15 is 0 Å². The highest BCUT2D eigenvalue weighted by atomic mass is 79.9. The van der Waals surface area contributed by atoms with E-state index in [1.54, 1.807) is 6.92 Å². The first-order valence-corrected chi connectivity index (χ1v) is 7.13. The van der Waals surface area contributed by atoms with E-state index in [4.69, 9.17) is 5.73 Å². The van der Waals surface area contributed by atoms with Gasteiger partial charge in [0, 0.05) is 10.2 Å². The van der Waals surface area contributed by atoms with Crippen molar-refractivity contribution in [2.75, 3.05) is 5.32 Å². The summed E-state index contributed by atoms with van der Waals surface area (Å²) in [5.41, 5.74) is 7.42. The Morgan fingerprint density at radius 1 is 1.15 bits per heavy atom. The van der Waals surface area contributed by atoms with Crippen molar-refractivity contribution >= 4 is 27.5 Å². The van der Waals surface area contributed by atoms with Crippen LogP contribution in [0.2, 0.25) is 0 Å². The number of carbonyl (C=O) groups is 1. The van der Waals surface area contributed by atoms with Crippen molar-refractivity contribution in [3.05, 3.63) is 64.1 Å². The molecule has 2 rings (SSSR count). The Morgan fingerprint density at radius 3 is 2.35 bits per heavy atom. The predicted octanol–water partition coefficient (Wildman–Crippen LogP) is 3.57. The summed E-state index contributed by atoms with van der Waals surface area (Å²) >= 11 is 3.47. The first kappa shape index (κ1) is 14.6. The number of halogens is 1. The van der Waals surface area contributed by atoms with Gasteiger partial charge in [-0.3, -0.25) is 4.79 Å². The van der Waals surface area contributed by atoms with E-state index in [2.05, 4.69) is 21.2 Å². The van der Waals surface area contributed by atoms with E-state index in [0.717, 1.165) is 21.3 Å². The highest BCUT2D eigenvalue weighted by Crippen LogP contribution is 2.31. The second-order valence-corrected chi connectivity index (χ2v) is 5.76. The highest BCUT2D eigenvalue weighted by Gasteiger charge is 2.34. The van der Waals surface area contributed by atoms with Crippen molar-refractivity contribution in [1.29, 1.82) is 0 Å². The van der Waals surface area contributed by atoms with E-state index in [1.165, 1.54) is 0 Å². The van der Waals surface area contributed by atoms with Crippen molar-refractivity contribution in [3.63, 3.8) is 0 Å². The Kier molecular flexibility index (Phi) is 4.14. The number of nitrogens with two attached hydrogens (primary N) is 1. The molecule has 1 unspecified atom stereocenters. The number of carbonyl (C=O) groups excluding carboxylic acids is 1. The van der Waals surface area contributed by atoms with Crippen molar-refractivity contribution in [2.45, 2.75) is 19.4 Å². The van der Waals surface area contributed by atoms with Crippen LogP contribution in [0.25, 0.3) is 0 Å². The average Bonchev–Trinajstić information content (AvgIpc) is 2.41. The molecule has 0 saturated heterocycles. The van der Waals surface area contributed by atoms with Gasteiger partial charge >= 0.3 is 0 Å². The topological polar surface area (TPSA) is 55.1 Å². The van der Waals surface area contributed by atoms with Crippen LogP contribution in [0.4, 0.5) is 5.69 Å². The number of aryl methyl sites for hydroxylation is 1. The molecule has 0 aromatic heterocycles. The van der Waals surface area contributed by atoms with Gasteiger partial charge < -0.3 is 11.1 Å². The lowest BCUT2D eigenvalue weighted by Crippen LogP contribution is -2.45. The Morgan fingerprint density at radius 2 is 1.75 bits per heavy atom. The van der Waals surface area contributed by atoms with Gasteiger partial charge in [-0.05, 0) is 53.0 Å². The zero-order valence-electron chi connectivity index (χ0n) is 11.5. The number of primary amides is 1.